The second-order valence-electron chi connectivity index (χ2n) is 6.81. The van der Waals surface area contributed by atoms with Crippen LogP contribution in [0.4, 0.5) is 0 Å². The molecule has 0 spiro atoms. The van der Waals surface area contributed by atoms with Crippen molar-refractivity contribution in [3.8, 4) is 0 Å². The van der Waals surface area contributed by atoms with Gasteiger partial charge in [-0.25, -0.2) is 9.97 Å². The smallest absolute Gasteiger partial charge is 0.133 e. The highest BCUT2D eigenvalue weighted by Gasteiger charge is 2.23. The highest BCUT2D eigenvalue weighted by molar-refractivity contribution is 5.22. The topological polar surface area (TPSA) is 55.1 Å². The monoisotopic (exact) mass is 286 g/mol. The van der Waals surface area contributed by atoms with E-state index in [9.17, 15) is 0 Å². The summed E-state index contributed by atoms with van der Waals surface area (Å²) in [5.74, 6) is 1.79. The van der Waals surface area contributed by atoms with Gasteiger partial charge in [0.15, 0.2) is 0 Å². The number of hydrogen-bond donors (Lipinski definition) is 0. The molecule has 112 valence electrons. The van der Waals surface area contributed by atoms with E-state index in [1.807, 2.05) is 19.2 Å². The molecule has 0 saturated carbocycles. The first-order chi connectivity index (χ1) is 9.91. The van der Waals surface area contributed by atoms with Gasteiger partial charge in [0, 0.05) is 55.0 Å². The molecule has 0 amide bonds. The van der Waals surface area contributed by atoms with Crippen molar-refractivity contribution >= 4 is 0 Å². The van der Waals surface area contributed by atoms with E-state index >= 15 is 0 Å². The van der Waals surface area contributed by atoms with Crippen molar-refractivity contribution in [3.05, 3.63) is 40.8 Å². The minimum Gasteiger partial charge on any atom is -0.361 e. The maximum absolute atomic E-state index is 5.13. The van der Waals surface area contributed by atoms with Crippen molar-refractivity contribution in [1.82, 2.24) is 20.0 Å². The zero-order chi connectivity index (χ0) is 15.0. The molecule has 0 fully saturated rings. The van der Waals surface area contributed by atoms with Gasteiger partial charge in [0.25, 0.3) is 0 Å². The van der Waals surface area contributed by atoms with E-state index < -0.39 is 0 Å². The van der Waals surface area contributed by atoms with Crippen LogP contribution in [-0.4, -0.2) is 26.6 Å². The van der Waals surface area contributed by atoms with Gasteiger partial charge in [0.1, 0.15) is 11.6 Å². The van der Waals surface area contributed by atoms with Gasteiger partial charge < -0.3 is 4.52 Å². The van der Waals surface area contributed by atoms with Crippen LogP contribution in [0.3, 0.4) is 0 Å². The molecule has 3 heterocycles. The van der Waals surface area contributed by atoms with Gasteiger partial charge in [-0.2, -0.15) is 0 Å². The molecular formula is C16H22N4O. The fraction of sp³-hybridized carbons (Fsp3) is 0.562. The number of fused-ring (bicyclic) bond motifs is 1. The van der Waals surface area contributed by atoms with E-state index in [2.05, 4.69) is 35.8 Å². The predicted octanol–water partition coefficient (Wildman–Crippen LogP) is 2.63. The summed E-state index contributed by atoms with van der Waals surface area (Å²) in [6, 6.07) is 1.99. The van der Waals surface area contributed by atoms with Crippen LogP contribution in [0.1, 0.15) is 49.3 Å². The minimum atomic E-state index is 0.00437. The lowest BCUT2D eigenvalue weighted by molar-refractivity contribution is 0.234. The maximum Gasteiger partial charge on any atom is 0.133 e. The summed E-state index contributed by atoms with van der Waals surface area (Å²) >= 11 is 0. The first-order valence-electron chi connectivity index (χ1n) is 7.41. The average molecular weight is 286 g/mol. The van der Waals surface area contributed by atoms with Gasteiger partial charge >= 0.3 is 0 Å². The Balaban J connectivity index is 1.74. The van der Waals surface area contributed by atoms with Crippen molar-refractivity contribution in [2.45, 2.75) is 52.6 Å². The predicted molar refractivity (Wildman–Crippen MR) is 79.8 cm³/mol. The minimum absolute atomic E-state index is 0.00437. The summed E-state index contributed by atoms with van der Waals surface area (Å²) in [5, 5.41) is 4.06. The van der Waals surface area contributed by atoms with E-state index in [1.165, 1.54) is 11.3 Å². The van der Waals surface area contributed by atoms with Crippen molar-refractivity contribution in [2.75, 3.05) is 6.54 Å². The van der Waals surface area contributed by atoms with Crippen LogP contribution < -0.4 is 0 Å². The second kappa shape index (κ2) is 5.22. The second-order valence-corrected chi connectivity index (χ2v) is 6.81. The van der Waals surface area contributed by atoms with Crippen LogP contribution in [0.25, 0.3) is 0 Å². The molecule has 0 unspecified atom stereocenters. The highest BCUT2D eigenvalue weighted by Crippen LogP contribution is 2.23. The summed E-state index contributed by atoms with van der Waals surface area (Å²) in [5.41, 5.74) is 3.42. The Morgan fingerprint density at radius 2 is 2.14 bits per heavy atom. The molecule has 5 heteroatoms. The lowest BCUT2D eigenvalue weighted by atomic mass is 9.95. The lowest BCUT2D eigenvalue weighted by Gasteiger charge is -2.28. The largest absolute Gasteiger partial charge is 0.361 e. The summed E-state index contributed by atoms with van der Waals surface area (Å²) in [6.07, 6.45) is 2.96. The third kappa shape index (κ3) is 3.13. The zero-order valence-corrected chi connectivity index (χ0v) is 13.2. The fourth-order valence-electron chi connectivity index (χ4n) is 2.59. The van der Waals surface area contributed by atoms with Gasteiger partial charge in [-0.3, -0.25) is 4.90 Å². The molecule has 1 aliphatic heterocycles. The zero-order valence-electron chi connectivity index (χ0n) is 13.2. The highest BCUT2D eigenvalue weighted by atomic mass is 16.5. The molecule has 2 aromatic heterocycles. The molecule has 0 bridgehead atoms. The fourth-order valence-corrected chi connectivity index (χ4v) is 2.59. The van der Waals surface area contributed by atoms with Gasteiger partial charge in [0.05, 0.1) is 5.69 Å². The van der Waals surface area contributed by atoms with Crippen molar-refractivity contribution in [1.29, 1.82) is 0 Å². The van der Waals surface area contributed by atoms with E-state index in [4.69, 9.17) is 9.51 Å². The Morgan fingerprint density at radius 3 is 2.81 bits per heavy atom. The summed E-state index contributed by atoms with van der Waals surface area (Å²) in [7, 11) is 0. The van der Waals surface area contributed by atoms with Crippen molar-refractivity contribution < 1.29 is 4.52 Å². The number of hydrogen-bond acceptors (Lipinski definition) is 5. The Kier molecular flexibility index (Phi) is 3.53. The molecule has 0 saturated heterocycles. The van der Waals surface area contributed by atoms with E-state index in [-0.39, 0.29) is 5.41 Å². The summed E-state index contributed by atoms with van der Waals surface area (Å²) in [6.45, 7) is 11.1. The summed E-state index contributed by atoms with van der Waals surface area (Å²) in [4.78, 5) is 11.7. The third-order valence-corrected chi connectivity index (χ3v) is 3.75. The molecule has 21 heavy (non-hydrogen) atoms. The first-order valence-corrected chi connectivity index (χ1v) is 7.41. The van der Waals surface area contributed by atoms with Crippen LogP contribution in [0.2, 0.25) is 0 Å². The standard InChI is InChI=1S/C16H22N4O/c1-11-7-13(19-21-11)10-20-6-5-14-12(9-20)8-17-15(18-14)16(2,3)4/h7-8H,5-6,9-10H2,1-4H3. The number of nitrogens with zero attached hydrogens (tertiary/aromatic N) is 4. The maximum atomic E-state index is 5.13. The van der Waals surface area contributed by atoms with Crippen LogP contribution in [0.15, 0.2) is 16.8 Å². The molecule has 3 rings (SSSR count). The summed E-state index contributed by atoms with van der Waals surface area (Å²) < 4.78 is 5.13. The molecular weight excluding hydrogens is 264 g/mol. The SMILES string of the molecule is Cc1cc(CN2CCc3nc(C(C)(C)C)ncc3C2)no1. The third-order valence-electron chi connectivity index (χ3n) is 3.75. The molecule has 0 N–H and O–H groups in total. The van der Waals surface area contributed by atoms with Gasteiger partial charge in [-0.05, 0) is 6.92 Å². The Labute approximate surface area is 125 Å². The molecule has 1 aliphatic rings. The van der Waals surface area contributed by atoms with E-state index in [0.717, 1.165) is 43.3 Å². The van der Waals surface area contributed by atoms with Crippen LogP contribution in [-0.2, 0) is 24.9 Å². The van der Waals surface area contributed by atoms with Crippen LogP contribution >= 0.6 is 0 Å². The number of rotatable bonds is 2. The van der Waals surface area contributed by atoms with Gasteiger partial charge in [-0.15, -0.1) is 0 Å². The number of aromatic nitrogens is 3. The van der Waals surface area contributed by atoms with Gasteiger partial charge in [-0.1, -0.05) is 25.9 Å². The Bertz CT molecular complexity index is 642. The Hall–Kier alpha value is -1.75. The average Bonchev–Trinajstić information content (AvgIpc) is 2.82. The quantitative estimate of drug-likeness (QED) is 0.849. The lowest BCUT2D eigenvalue weighted by Crippen LogP contribution is -2.32. The molecule has 0 aliphatic carbocycles. The molecule has 0 atom stereocenters. The van der Waals surface area contributed by atoms with Crippen molar-refractivity contribution in [3.63, 3.8) is 0 Å². The van der Waals surface area contributed by atoms with Crippen LogP contribution in [0, 0.1) is 6.92 Å². The molecule has 0 aromatic carbocycles. The molecule has 5 nitrogen and oxygen atoms in total. The first kappa shape index (κ1) is 14.2. The van der Waals surface area contributed by atoms with E-state index in [0.29, 0.717) is 0 Å². The Morgan fingerprint density at radius 1 is 1.33 bits per heavy atom. The van der Waals surface area contributed by atoms with E-state index in [1.54, 1.807) is 0 Å². The van der Waals surface area contributed by atoms with Gasteiger partial charge in [0.2, 0.25) is 0 Å². The van der Waals surface area contributed by atoms with Crippen LogP contribution in [0.5, 0.6) is 0 Å². The van der Waals surface area contributed by atoms with Crippen molar-refractivity contribution in [2.24, 2.45) is 0 Å². The molecule has 2 aromatic rings. The number of aryl methyl sites for hydroxylation is 1. The normalized spacial score (nSPS) is 16.0. The molecule has 0 radical (unpaired) electrons.